The fraction of sp³-hybridized carbons (Fsp3) is 0.962. The van der Waals surface area contributed by atoms with Crippen molar-refractivity contribution in [1.82, 2.24) is 0 Å². The highest BCUT2D eigenvalue weighted by molar-refractivity contribution is 5.01. The maximum absolute atomic E-state index is 9.72. The third kappa shape index (κ3) is 9.39. The SMILES string of the molecule is CCCCCCC1CCC(OCOC2CCC(C#N)(CCCCCC)CC2)CC1. The summed E-state index contributed by atoms with van der Waals surface area (Å²) >= 11 is 0. The van der Waals surface area contributed by atoms with E-state index in [4.69, 9.17) is 9.47 Å². The van der Waals surface area contributed by atoms with Crippen LogP contribution in [0.4, 0.5) is 0 Å². The number of nitriles is 1. The molecule has 0 aromatic rings. The van der Waals surface area contributed by atoms with Gasteiger partial charge in [-0.25, -0.2) is 0 Å². The van der Waals surface area contributed by atoms with Gasteiger partial charge in [-0.2, -0.15) is 5.26 Å². The fourth-order valence-corrected chi connectivity index (χ4v) is 5.30. The number of ether oxygens (including phenoxy) is 2. The van der Waals surface area contributed by atoms with Crippen LogP contribution in [0, 0.1) is 22.7 Å². The molecule has 3 heteroatoms. The van der Waals surface area contributed by atoms with Gasteiger partial charge in [0.15, 0.2) is 0 Å². The fourth-order valence-electron chi connectivity index (χ4n) is 5.30. The molecule has 0 radical (unpaired) electrons. The molecule has 2 fully saturated rings. The molecule has 0 spiro atoms. The van der Waals surface area contributed by atoms with Crippen LogP contribution in [0.15, 0.2) is 0 Å². The third-order valence-corrected chi connectivity index (χ3v) is 7.50. The highest BCUT2D eigenvalue weighted by atomic mass is 16.7. The summed E-state index contributed by atoms with van der Waals surface area (Å²) in [7, 11) is 0. The van der Waals surface area contributed by atoms with Crippen LogP contribution < -0.4 is 0 Å². The molecule has 2 saturated carbocycles. The van der Waals surface area contributed by atoms with E-state index < -0.39 is 0 Å². The van der Waals surface area contributed by atoms with E-state index in [1.807, 2.05) is 0 Å². The van der Waals surface area contributed by atoms with Crippen molar-refractivity contribution in [2.24, 2.45) is 11.3 Å². The molecule has 0 bridgehead atoms. The van der Waals surface area contributed by atoms with Crippen LogP contribution in [-0.4, -0.2) is 19.0 Å². The zero-order chi connectivity index (χ0) is 20.8. The van der Waals surface area contributed by atoms with Crippen molar-refractivity contribution >= 4 is 0 Å². The van der Waals surface area contributed by atoms with Gasteiger partial charge in [-0.1, -0.05) is 71.6 Å². The lowest BCUT2D eigenvalue weighted by Crippen LogP contribution is -2.31. The summed E-state index contributed by atoms with van der Waals surface area (Å²) in [5.41, 5.74) is -0.0794. The van der Waals surface area contributed by atoms with E-state index in [-0.39, 0.29) is 5.41 Å². The topological polar surface area (TPSA) is 42.2 Å². The summed E-state index contributed by atoms with van der Waals surface area (Å²) in [5, 5.41) is 9.72. The van der Waals surface area contributed by atoms with Crippen LogP contribution in [0.25, 0.3) is 0 Å². The molecule has 2 aliphatic rings. The highest BCUT2D eigenvalue weighted by Crippen LogP contribution is 2.41. The van der Waals surface area contributed by atoms with Gasteiger partial charge in [-0.05, 0) is 63.7 Å². The summed E-state index contributed by atoms with van der Waals surface area (Å²) in [5.74, 6) is 0.933. The molecule has 0 N–H and O–H groups in total. The Bertz CT molecular complexity index is 442. The minimum Gasteiger partial charge on any atom is -0.352 e. The first kappa shape index (κ1) is 24.7. The lowest BCUT2D eigenvalue weighted by molar-refractivity contribution is -0.137. The van der Waals surface area contributed by atoms with Crippen molar-refractivity contribution in [1.29, 1.82) is 5.26 Å². The first-order valence-electron chi connectivity index (χ1n) is 12.9. The maximum atomic E-state index is 9.72. The molecular weight excluding hydrogens is 358 g/mol. The van der Waals surface area contributed by atoms with E-state index >= 15 is 0 Å². The molecule has 0 amide bonds. The predicted octanol–water partition coefficient (Wildman–Crippen LogP) is 7.93. The molecule has 2 rings (SSSR count). The van der Waals surface area contributed by atoms with Crippen LogP contribution in [0.3, 0.4) is 0 Å². The Labute approximate surface area is 180 Å². The van der Waals surface area contributed by atoms with Gasteiger partial charge < -0.3 is 9.47 Å². The Morgan fingerprint density at radius 1 is 0.759 bits per heavy atom. The standard InChI is InChI=1S/C26H47NO2/c1-3-5-7-9-11-23-12-14-24(15-13-23)28-22-29-25-16-19-26(21-27,20-17-25)18-10-8-6-4-2/h23-25H,3-20,22H2,1-2H3. The summed E-state index contributed by atoms with van der Waals surface area (Å²) < 4.78 is 12.1. The van der Waals surface area contributed by atoms with Crippen LogP contribution in [0.5, 0.6) is 0 Å². The van der Waals surface area contributed by atoms with Crippen molar-refractivity contribution in [2.45, 2.75) is 142 Å². The number of nitrogens with zero attached hydrogens (tertiary/aromatic N) is 1. The molecule has 0 heterocycles. The monoisotopic (exact) mass is 405 g/mol. The number of rotatable bonds is 14. The smallest absolute Gasteiger partial charge is 0.147 e. The van der Waals surface area contributed by atoms with E-state index in [1.165, 1.54) is 83.5 Å². The predicted molar refractivity (Wildman–Crippen MR) is 121 cm³/mol. The Morgan fingerprint density at radius 3 is 1.93 bits per heavy atom. The molecule has 2 aliphatic carbocycles. The van der Waals surface area contributed by atoms with Gasteiger partial charge in [-0.3, -0.25) is 0 Å². The van der Waals surface area contributed by atoms with E-state index in [0.29, 0.717) is 19.0 Å². The van der Waals surface area contributed by atoms with Crippen LogP contribution in [0.1, 0.15) is 129 Å². The van der Waals surface area contributed by atoms with Crippen LogP contribution in [-0.2, 0) is 9.47 Å². The van der Waals surface area contributed by atoms with Gasteiger partial charge in [0.2, 0.25) is 0 Å². The average molecular weight is 406 g/mol. The number of unbranched alkanes of at least 4 members (excludes halogenated alkanes) is 6. The Kier molecular flexibility index (Phi) is 12.3. The van der Waals surface area contributed by atoms with E-state index in [0.717, 1.165) is 38.0 Å². The largest absolute Gasteiger partial charge is 0.352 e. The Balaban J connectivity index is 1.53. The normalized spacial score (nSPS) is 30.2. The summed E-state index contributed by atoms with van der Waals surface area (Å²) in [6.45, 7) is 4.98. The van der Waals surface area contributed by atoms with Crippen molar-refractivity contribution in [2.75, 3.05) is 6.79 Å². The lowest BCUT2D eigenvalue weighted by atomic mass is 9.71. The van der Waals surface area contributed by atoms with E-state index in [1.54, 1.807) is 0 Å². The Hall–Kier alpha value is -0.590. The second-order valence-electron chi connectivity index (χ2n) is 9.85. The summed E-state index contributed by atoms with van der Waals surface area (Å²) in [6.07, 6.45) is 22.9. The second kappa shape index (κ2) is 14.4. The molecule has 168 valence electrons. The summed E-state index contributed by atoms with van der Waals surface area (Å²) in [4.78, 5) is 0. The highest BCUT2D eigenvalue weighted by Gasteiger charge is 2.35. The zero-order valence-corrected chi connectivity index (χ0v) is 19.4. The van der Waals surface area contributed by atoms with Crippen LogP contribution in [0.2, 0.25) is 0 Å². The number of hydrogen-bond donors (Lipinski definition) is 0. The number of hydrogen-bond acceptors (Lipinski definition) is 3. The quantitative estimate of drug-likeness (QED) is 0.218. The molecule has 0 aromatic heterocycles. The van der Waals surface area contributed by atoms with Crippen molar-refractivity contribution in [3.63, 3.8) is 0 Å². The van der Waals surface area contributed by atoms with Gasteiger partial charge in [-0.15, -0.1) is 0 Å². The molecule has 0 saturated heterocycles. The molecular formula is C26H47NO2. The van der Waals surface area contributed by atoms with E-state index in [9.17, 15) is 5.26 Å². The van der Waals surface area contributed by atoms with Crippen molar-refractivity contribution < 1.29 is 9.47 Å². The first-order valence-corrected chi connectivity index (χ1v) is 12.9. The Morgan fingerprint density at radius 2 is 1.34 bits per heavy atom. The van der Waals surface area contributed by atoms with Crippen molar-refractivity contribution in [3.05, 3.63) is 0 Å². The molecule has 29 heavy (non-hydrogen) atoms. The van der Waals surface area contributed by atoms with E-state index in [2.05, 4.69) is 19.9 Å². The van der Waals surface area contributed by atoms with Gasteiger partial charge in [0.05, 0.1) is 23.7 Å². The second-order valence-corrected chi connectivity index (χ2v) is 9.85. The average Bonchev–Trinajstić information content (AvgIpc) is 2.76. The minimum atomic E-state index is -0.0794. The van der Waals surface area contributed by atoms with Gasteiger partial charge >= 0.3 is 0 Å². The van der Waals surface area contributed by atoms with Crippen LogP contribution >= 0.6 is 0 Å². The first-order chi connectivity index (χ1) is 14.2. The maximum Gasteiger partial charge on any atom is 0.147 e. The zero-order valence-electron chi connectivity index (χ0n) is 19.4. The minimum absolute atomic E-state index is 0.0794. The molecule has 0 aromatic carbocycles. The van der Waals surface area contributed by atoms with Crippen molar-refractivity contribution in [3.8, 4) is 6.07 Å². The summed E-state index contributed by atoms with van der Waals surface area (Å²) in [6, 6.07) is 2.66. The lowest BCUT2D eigenvalue weighted by Gasteiger charge is -2.35. The van der Waals surface area contributed by atoms with Gasteiger partial charge in [0.1, 0.15) is 6.79 Å². The van der Waals surface area contributed by atoms with Gasteiger partial charge in [0.25, 0.3) is 0 Å². The third-order valence-electron chi connectivity index (χ3n) is 7.50. The molecule has 3 nitrogen and oxygen atoms in total. The van der Waals surface area contributed by atoms with Gasteiger partial charge in [0, 0.05) is 0 Å². The molecule has 0 atom stereocenters. The molecule has 0 aliphatic heterocycles. The molecule has 0 unspecified atom stereocenters.